The van der Waals surface area contributed by atoms with Crippen molar-refractivity contribution in [2.24, 2.45) is 5.92 Å². The lowest BCUT2D eigenvalue weighted by atomic mass is 9.85. The summed E-state index contributed by atoms with van der Waals surface area (Å²) in [6.07, 6.45) is 7.74. The van der Waals surface area contributed by atoms with Crippen molar-refractivity contribution in [3.63, 3.8) is 0 Å². The number of hydrogen-bond donors (Lipinski definition) is 0. The molecule has 1 aliphatic rings. The summed E-state index contributed by atoms with van der Waals surface area (Å²) >= 11 is 0. The maximum Gasteiger partial charge on any atom is 0.453 e. The number of alkyl halides is 3. The Labute approximate surface area is 257 Å². The highest BCUT2D eigenvalue weighted by Crippen LogP contribution is 2.35. The fourth-order valence-electron chi connectivity index (χ4n) is 5.60. The number of ether oxygens (including phenoxy) is 1. The van der Waals surface area contributed by atoms with Crippen LogP contribution in [0.1, 0.15) is 49.1 Å². The van der Waals surface area contributed by atoms with E-state index >= 15 is 0 Å². The molecule has 5 aromatic rings. The molecular weight excluding hydrogens is 611 g/mol. The standard InChI is InChI=1S/C29H32F3N9O3S/c1-38(2)45(42,43)39-17-23(34-18-39)25-24(35-28-33-14-21(15-40(25)28)13-19-7-5-4-6-8-19)26-36-27(29(30,31)32)37-41(26)16-20-9-11-22(44-3)12-10-20/h9-12,14-15,17-19H,4-8,13,16H2,1-3H3. The van der Waals surface area contributed by atoms with Crippen molar-refractivity contribution in [3.8, 4) is 28.7 Å². The van der Waals surface area contributed by atoms with Crippen molar-refractivity contribution < 1.29 is 26.3 Å². The molecular formula is C29H32F3N9O3S. The van der Waals surface area contributed by atoms with Crippen LogP contribution in [0.3, 0.4) is 0 Å². The first-order valence-corrected chi connectivity index (χ1v) is 15.8. The van der Waals surface area contributed by atoms with E-state index in [9.17, 15) is 21.6 Å². The van der Waals surface area contributed by atoms with E-state index in [-0.39, 0.29) is 35.2 Å². The smallest absolute Gasteiger partial charge is 0.453 e. The molecule has 0 aliphatic heterocycles. The van der Waals surface area contributed by atoms with Gasteiger partial charge in [0.15, 0.2) is 5.82 Å². The Hall–Kier alpha value is -4.31. The van der Waals surface area contributed by atoms with Crippen LogP contribution < -0.4 is 4.74 Å². The van der Waals surface area contributed by atoms with Crippen molar-refractivity contribution in [1.82, 2.24) is 42.4 Å². The highest BCUT2D eigenvalue weighted by molar-refractivity contribution is 7.87. The zero-order valence-corrected chi connectivity index (χ0v) is 25.8. The molecule has 0 radical (unpaired) electrons. The lowest BCUT2D eigenvalue weighted by Gasteiger charge is -2.21. The van der Waals surface area contributed by atoms with Crippen LogP contribution in [0.2, 0.25) is 0 Å². The van der Waals surface area contributed by atoms with Crippen LogP contribution >= 0.6 is 0 Å². The van der Waals surface area contributed by atoms with Gasteiger partial charge >= 0.3 is 16.4 Å². The summed E-state index contributed by atoms with van der Waals surface area (Å²) in [7, 11) is 0.364. The number of halogens is 3. The van der Waals surface area contributed by atoms with Crippen LogP contribution in [0.4, 0.5) is 13.2 Å². The van der Waals surface area contributed by atoms with Gasteiger partial charge in [0.2, 0.25) is 5.78 Å². The molecule has 16 heteroatoms. The number of benzene rings is 1. The molecule has 0 atom stereocenters. The number of imidazole rings is 2. The van der Waals surface area contributed by atoms with Crippen molar-refractivity contribution >= 4 is 16.0 Å². The van der Waals surface area contributed by atoms with Gasteiger partial charge in [-0.15, -0.1) is 5.10 Å². The predicted octanol–water partition coefficient (Wildman–Crippen LogP) is 4.70. The van der Waals surface area contributed by atoms with Gasteiger partial charge in [0, 0.05) is 26.5 Å². The molecule has 0 bridgehead atoms. The molecule has 238 valence electrons. The van der Waals surface area contributed by atoms with Crippen molar-refractivity contribution in [3.05, 3.63) is 66.1 Å². The van der Waals surface area contributed by atoms with Crippen LogP contribution in [0.15, 0.2) is 49.2 Å². The molecule has 0 saturated heterocycles. The summed E-state index contributed by atoms with van der Waals surface area (Å²) < 4.78 is 77.6. The number of hydrogen-bond acceptors (Lipinski definition) is 8. The maximum absolute atomic E-state index is 14.0. The number of rotatable bonds is 9. The van der Waals surface area contributed by atoms with Gasteiger partial charge < -0.3 is 4.74 Å². The molecule has 4 heterocycles. The van der Waals surface area contributed by atoms with Crippen LogP contribution in [-0.4, -0.2) is 72.0 Å². The van der Waals surface area contributed by atoms with Crippen molar-refractivity contribution in [2.75, 3.05) is 21.2 Å². The Morgan fingerprint density at radius 2 is 1.73 bits per heavy atom. The average Bonchev–Trinajstić information content (AvgIpc) is 3.75. The lowest BCUT2D eigenvalue weighted by molar-refractivity contribution is -0.144. The Bertz CT molecular complexity index is 1920. The normalized spacial score (nSPS) is 14.9. The molecule has 6 rings (SSSR count). The van der Waals surface area contributed by atoms with Gasteiger partial charge in [-0.3, -0.25) is 4.40 Å². The zero-order chi connectivity index (χ0) is 31.9. The van der Waals surface area contributed by atoms with Gasteiger partial charge in [0.1, 0.15) is 29.2 Å². The van der Waals surface area contributed by atoms with Gasteiger partial charge in [0.25, 0.3) is 5.82 Å². The SMILES string of the molecule is COc1ccc(Cn2nc(C(F)(F)F)nc2-c2nc3ncc(CC4CCCCC4)cn3c2-c2cn(S(=O)(=O)N(C)C)cn2)cc1. The number of nitrogens with zero attached hydrogens (tertiary/aromatic N) is 9. The number of aromatic nitrogens is 8. The fraction of sp³-hybridized carbons (Fsp3) is 0.414. The van der Waals surface area contributed by atoms with E-state index < -0.39 is 22.2 Å². The Balaban J connectivity index is 1.53. The summed E-state index contributed by atoms with van der Waals surface area (Å²) in [5.41, 5.74) is 2.01. The molecule has 4 aromatic heterocycles. The summed E-state index contributed by atoms with van der Waals surface area (Å²) in [5, 5.41) is 3.81. The first kappa shape index (κ1) is 30.7. The Morgan fingerprint density at radius 3 is 2.40 bits per heavy atom. The maximum atomic E-state index is 14.0. The van der Waals surface area contributed by atoms with Crippen LogP contribution in [0, 0.1) is 5.92 Å². The van der Waals surface area contributed by atoms with E-state index in [4.69, 9.17) is 4.74 Å². The van der Waals surface area contributed by atoms with E-state index in [0.29, 0.717) is 17.2 Å². The quantitative estimate of drug-likeness (QED) is 0.226. The molecule has 45 heavy (non-hydrogen) atoms. The molecule has 0 unspecified atom stereocenters. The van der Waals surface area contributed by atoms with E-state index in [2.05, 4.69) is 25.0 Å². The average molecular weight is 644 g/mol. The Kier molecular flexibility index (Phi) is 8.11. The zero-order valence-electron chi connectivity index (χ0n) is 24.9. The summed E-state index contributed by atoms with van der Waals surface area (Å²) in [5.74, 6) is -0.214. The minimum Gasteiger partial charge on any atom is -0.497 e. The first-order valence-electron chi connectivity index (χ1n) is 14.4. The van der Waals surface area contributed by atoms with E-state index in [1.807, 2.05) is 6.20 Å². The first-order chi connectivity index (χ1) is 21.4. The molecule has 0 amide bonds. The van der Waals surface area contributed by atoms with Gasteiger partial charge in [0.05, 0.1) is 19.9 Å². The number of fused-ring (bicyclic) bond motifs is 1. The van der Waals surface area contributed by atoms with Gasteiger partial charge in [-0.05, 0) is 35.6 Å². The molecule has 1 saturated carbocycles. The number of methoxy groups -OCH3 is 1. The van der Waals surface area contributed by atoms with Gasteiger partial charge in [-0.25, -0.2) is 28.6 Å². The van der Waals surface area contributed by atoms with E-state index in [0.717, 1.165) is 44.1 Å². The molecule has 1 aromatic carbocycles. The lowest BCUT2D eigenvalue weighted by Crippen LogP contribution is -2.27. The second kappa shape index (κ2) is 11.9. The van der Waals surface area contributed by atoms with Crippen LogP contribution in [0.5, 0.6) is 5.75 Å². The van der Waals surface area contributed by atoms with Gasteiger partial charge in [-0.2, -0.15) is 25.9 Å². The highest BCUT2D eigenvalue weighted by atomic mass is 32.2. The molecule has 1 aliphatic carbocycles. The second-order valence-corrected chi connectivity index (χ2v) is 13.3. The second-order valence-electron chi connectivity index (χ2n) is 11.3. The summed E-state index contributed by atoms with van der Waals surface area (Å²) in [4.78, 5) is 17.4. The molecule has 0 spiro atoms. The molecule has 0 N–H and O–H groups in total. The van der Waals surface area contributed by atoms with E-state index in [1.54, 1.807) is 34.9 Å². The largest absolute Gasteiger partial charge is 0.497 e. The minimum atomic E-state index is -4.83. The Morgan fingerprint density at radius 1 is 1.00 bits per heavy atom. The third-order valence-electron chi connectivity index (χ3n) is 7.94. The van der Waals surface area contributed by atoms with Crippen LogP contribution in [0.25, 0.3) is 28.7 Å². The van der Waals surface area contributed by atoms with Gasteiger partial charge in [-0.1, -0.05) is 44.2 Å². The minimum absolute atomic E-state index is 0.0290. The van der Waals surface area contributed by atoms with Crippen molar-refractivity contribution in [2.45, 2.75) is 51.2 Å². The fourth-order valence-corrected chi connectivity index (χ4v) is 6.38. The van der Waals surface area contributed by atoms with Crippen molar-refractivity contribution in [1.29, 1.82) is 0 Å². The topological polar surface area (TPSA) is 125 Å². The van der Waals surface area contributed by atoms with E-state index in [1.165, 1.54) is 46.7 Å². The molecule has 1 fully saturated rings. The predicted molar refractivity (Wildman–Crippen MR) is 159 cm³/mol. The summed E-state index contributed by atoms with van der Waals surface area (Å²) in [6, 6.07) is 6.83. The summed E-state index contributed by atoms with van der Waals surface area (Å²) in [6.45, 7) is -0.0560. The van der Waals surface area contributed by atoms with Crippen LogP contribution in [-0.2, 0) is 29.4 Å². The third kappa shape index (κ3) is 6.16. The highest BCUT2D eigenvalue weighted by Gasteiger charge is 2.38. The monoisotopic (exact) mass is 643 g/mol. The molecule has 12 nitrogen and oxygen atoms in total. The third-order valence-corrected chi connectivity index (χ3v) is 9.60.